The van der Waals surface area contributed by atoms with Gasteiger partial charge in [0, 0.05) is 11.8 Å². The van der Waals surface area contributed by atoms with Crippen LogP contribution in [0, 0.1) is 11.3 Å². The molecule has 1 heterocycles. The number of amides is 1. The molecule has 0 saturated heterocycles. The Labute approximate surface area is 103 Å². The summed E-state index contributed by atoms with van der Waals surface area (Å²) >= 11 is 0. The first-order valence-electron chi connectivity index (χ1n) is 5.15. The van der Waals surface area contributed by atoms with Crippen LogP contribution in [0.1, 0.15) is 11.1 Å². The number of carbonyl (C=O) groups is 1. The van der Waals surface area contributed by atoms with E-state index >= 15 is 0 Å². The molecular weight excluding hydrogens is 232 g/mol. The summed E-state index contributed by atoms with van der Waals surface area (Å²) in [5.41, 5.74) is 7.01. The molecule has 6 heteroatoms. The van der Waals surface area contributed by atoms with Gasteiger partial charge in [0.25, 0.3) is 0 Å². The molecule has 0 unspecified atom stereocenters. The van der Waals surface area contributed by atoms with Crippen LogP contribution in [0.2, 0.25) is 0 Å². The third kappa shape index (κ3) is 2.65. The molecule has 2 rings (SSSR count). The average Bonchev–Trinajstić information content (AvgIpc) is 2.85. The summed E-state index contributed by atoms with van der Waals surface area (Å²) in [7, 11) is 0. The van der Waals surface area contributed by atoms with E-state index in [9.17, 15) is 4.79 Å². The molecule has 1 aromatic heterocycles. The molecule has 6 nitrogen and oxygen atoms in total. The maximum atomic E-state index is 10.5. The highest BCUT2D eigenvalue weighted by molar-refractivity contribution is 5.64. The number of primary amides is 1. The second-order valence-electron chi connectivity index (χ2n) is 3.56. The molecule has 2 N–H and O–H groups in total. The van der Waals surface area contributed by atoms with Crippen LogP contribution in [0.25, 0.3) is 5.69 Å². The molecule has 0 aliphatic heterocycles. The Morgan fingerprint density at radius 2 is 2.17 bits per heavy atom. The Morgan fingerprint density at radius 3 is 2.78 bits per heavy atom. The number of hydrogen-bond acceptors (Lipinski definition) is 4. The standard InChI is InChI=1S/C12H10N4O2/c13-5-9-1-3-11(4-2-9)16-7-10(6-15-16)8-18-12(14)17/h1-4,6-7H,8H2,(H2,14,17). The molecule has 0 spiro atoms. The fourth-order valence-corrected chi connectivity index (χ4v) is 1.42. The molecule has 0 saturated carbocycles. The van der Waals surface area contributed by atoms with Gasteiger partial charge in [-0.25, -0.2) is 9.48 Å². The quantitative estimate of drug-likeness (QED) is 0.878. The first-order valence-corrected chi connectivity index (χ1v) is 5.15. The number of benzene rings is 1. The highest BCUT2D eigenvalue weighted by Gasteiger charge is 2.03. The number of aromatic nitrogens is 2. The summed E-state index contributed by atoms with van der Waals surface area (Å²) in [6.07, 6.45) is 2.49. The van der Waals surface area contributed by atoms with Crippen molar-refractivity contribution in [3.05, 3.63) is 47.8 Å². The van der Waals surface area contributed by atoms with Gasteiger partial charge in [-0.15, -0.1) is 0 Å². The van der Waals surface area contributed by atoms with Crippen molar-refractivity contribution in [1.29, 1.82) is 5.26 Å². The molecule has 0 fully saturated rings. The van der Waals surface area contributed by atoms with Crippen molar-refractivity contribution in [2.75, 3.05) is 0 Å². The summed E-state index contributed by atoms with van der Waals surface area (Å²) in [6, 6.07) is 9.02. The molecule has 2 aromatic rings. The second-order valence-corrected chi connectivity index (χ2v) is 3.56. The summed E-state index contributed by atoms with van der Waals surface area (Å²) in [6.45, 7) is 0.0889. The lowest BCUT2D eigenvalue weighted by Gasteiger charge is -2.00. The molecule has 1 aromatic carbocycles. The van der Waals surface area contributed by atoms with Gasteiger partial charge in [-0.3, -0.25) is 0 Å². The molecule has 0 radical (unpaired) electrons. The minimum absolute atomic E-state index is 0.0889. The maximum Gasteiger partial charge on any atom is 0.404 e. The van der Waals surface area contributed by atoms with Crippen molar-refractivity contribution in [2.24, 2.45) is 5.73 Å². The van der Waals surface area contributed by atoms with Gasteiger partial charge in [0.05, 0.1) is 23.5 Å². The first-order chi connectivity index (χ1) is 8.69. The van der Waals surface area contributed by atoms with Crippen LogP contribution >= 0.6 is 0 Å². The number of nitrogens with zero attached hydrogens (tertiary/aromatic N) is 3. The Hall–Kier alpha value is -2.81. The molecule has 0 bridgehead atoms. The minimum Gasteiger partial charge on any atom is -0.445 e. The van der Waals surface area contributed by atoms with Gasteiger partial charge in [0.2, 0.25) is 0 Å². The van der Waals surface area contributed by atoms with E-state index < -0.39 is 6.09 Å². The highest BCUT2D eigenvalue weighted by atomic mass is 16.5. The fraction of sp³-hybridized carbons (Fsp3) is 0.0833. The number of ether oxygens (including phenoxy) is 1. The zero-order chi connectivity index (χ0) is 13.0. The van der Waals surface area contributed by atoms with Gasteiger partial charge in [0.1, 0.15) is 6.61 Å². The number of nitriles is 1. The topological polar surface area (TPSA) is 93.9 Å². The van der Waals surface area contributed by atoms with Crippen molar-refractivity contribution in [3.8, 4) is 11.8 Å². The van der Waals surface area contributed by atoms with Crippen molar-refractivity contribution < 1.29 is 9.53 Å². The SMILES string of the molecule is N#Cc1ccc(-n2cc(COC(N)=O)cn2)cc1. The van der Waals surface area contributed by atoms with Crippen molar-refractivity contribution in [1.82, 2.24) is 9.78 Å². The lowest BCUT2D eigenvalue weighted by Crippen LogP contribution is -2.12. The lowest BCUT2D eigenvalue weighted by atomic mass is 10.2. The summed E-state index contributed by atoms with van der Waals surface area (Å²) in [4.78, 5) is 10.5. The summed E-state index contributed by atoms with van der Waals surface area (Å²) in [5, 5.41) is 12.8. The van der Waals surface area contributed by atoms with Gasteiger partial charge in [-0.2, -0.15) is 10.4 Å². The lowest BCUT2D eigenvalue weighted by molar-refractivity contribution is 0.150. The van der Waals surface area contributed by atoms with Crippen molar-refractivity contribution in [3.63, 3.8) is 0 Å². The first kappa shape index (κ1) is 11.7. The Kier molecular flexibility index (Phi) is 3.25. The molecule has 1 amide bonds. The monoisotopic (exact) mass is 242 g/mol. The fourth-order valence-electron chi connectivity index (χ4n) is 1.42. The van der Waals surface area contributed by atoms with Gasteiger partial charge in [0.15, 0.2) is 0 Å². The third-order valence-electron chi connectivity index (χ3n) is 2.28. The van der Waals surface area contributed by atoms with Crippen LogP contribution in [0.5, 0.6) is 0 Å². The van der Waals surface area contributed by atoms with E-state index in [0.717, 1.165) is 11.3 Å². The van der Waals surface area contributed by atoms with Crippen LogP contribution in [-0.4, -0.2) is 15.9 Å². The number of hydrogen-bond donors (Lipinski definition) is 1. The van der Waals surface area contributed by atoms with E-state index in [4.69, 9.17) is 11.0 Å². The second kappa shape index (κ2) is 5.01. The van der Waals surface area contributed by atoms with E-state index in [1.807, 2.05) is 6.07 Å². The predicted molar refractivity (Wildman–Crippen MR) is 62.7 cm³/mol. The molecule has 0 aliphatic rings. The van der Waals surface area contributed by atoms with Crippen LogP contribution in [0.15, 0.2) is 36.7 Å². The van der Waals surface area contributed by atoms with E-state index in [0.29, 0.717) is 5.56 Å². The maximum absolute atomic E-state index is 10.5. The molecule has 0 aliphatic carbocycles. The normalized spacial score (nSPS) is 9.72. The molecule has 90 valence electrons. The number of carbonyl (C=O) groups excluding carboxylic acids is 1. The summed E-state index contributed by atoms with van der Waals surface area (Å²) in [5.74, 6) is 0. The van der Waals surface area contributed by atoms with E-state index in [2.05, 4.69) is 9.84 Å². The zero-order valence-electron chi connectivity index (χ0n) is 9.41. The van der Waals surface area contributed by atoms with Crippen LogP contribution < -0.4 is 5.73 Å². The van der Waals surface area contributed by atoms with E-state index in [1.54, 1.807) is 41.3 Å². The van der Waals surface area contributed by atoms with Crippen LogP contribution in [0.3, 0.4) is 0 Å². The number of rotatable bonds is 3. The summed E-state index contributed by atoms with van der Waals surface area (Å²) < 4.78 is 6.28. The van der Waals surface area contributed by atoms with Gasteiger partial charge in [-0.1, -0.05) is 0 Å². The largest absolute Gasteiger partial charge is 0.445 e. The average molecular weight is 242 g/mol. The van der Waals surface area contributed by atoms with Gasteiger partial charge < -0.3 is 10.5 Å². The van der Waals surface area contributed by atoms with Crippen molar-refractivity contribution >= 4 is 6.09 Å². The molecular formula is C12H10N4O2. The zero-order valence-corrected chi connectivity index (χ0v) is 9.41. The Bertz CT molecular complexity index is 595. The predicted octanol–water partition coefficient (Wildman–Crippen LogP) is 1.34. The highest BCUT2D eigenvalue weighted by Crippen LogP contribution is 2.10. The van der Waals surface area contributed by atoms with Gasteiger partial charge >= 0.3 is 6.09 Å². The Balaban J connectivity index is 2.13. The third-order valence-corrected chi connectivity index (χ3v) is 2.28. The van der Waals surface area contributed by atoms with E-state index in [-0.39, 0.29) is 6.61 Å². The Morgan fingerprint density at radius 1 is 1.44 bits per heavy atom. The van der Waals surface area contributed by atoms with Crippen LogP contribution in [-0.2, 0) is 11.3 Å². The molecule has 0 atom stereocenters. The molecule has 18 heavy (non-hydrogen) atoms. The smallest absolute Gasteiger partial charge is 0.404 e. The minimum atomic E-state index is -0.818. The van der Waals surface area contributed by atoms with Crippen molar-refractivity contribution in [2.45, 2.75) is 6.61 Å². The van der Waals surface area contributed by atoms with Gasteiger partial charge in [-0.05, 0) is 24.3 Å². The number of nitrogens with two attached hydrogens (primary N) is 1. The van der Waals surface area contributed by atoms with E-state index in [1.165, 1.54) is 0 Å². The van der Waals surface area contributed by atoms with Crippen LogP contribution in [0.4, 0.5) is 4.79 Å².